The molecule has 27 heavy (non-hydrogen) atoms. The second kappa shape index (κ2) is 7.35. The van der Waals surface area contributed by atoms with Crippen LogP contribution in [0.3, 0.4) is 0 Å². The van der Waals surface area contributed by atoms with Crippen molar-refractivity contribution in [3.8, 4) is 0 Å². The number of fused-ring (bicyclic) bond motifs is 2. The molecule has 0 spiro atoms. The number of nitrogens with one attached hydrogen (secondary N) is 2. The van der Waals surface area contributed by atoms with E-state index in [2.05, 4.69) is 66.1 Å². The molecular formula is C23H29N3O. The minimum atomic E-state index is -0.118. The number of carbonyl (C=O) groups is 1. The van der Waals surface area contributed by atoms with Gasteiger partial charge in [-0.25, -0.2) is 0 Å². The predicted octanol–water partition coefficient (Wildman–Crippen LogP) is 3.90. The first-order chi connectivity index (χ1) is 13.2. The number of rotatable bonds is 6. The number of H-pyrrole nitrogens is 1. The van der Waals surface area contributed by atoms with Crippen LogP contribution in [0.15, 0.2) is 43.1 Å². The van der Waals surface area contributed by atoms with E-state index in [1.165, 1.54) is 27.6 Å². The fraction of sp³-hybridized carbons (Fsp3) is 0.435. The number of aromatic amines is 1. The van der Waals surface area contributed by atoms with Crippen LogP contribution in [0.25, 0.3) is 16.5 Å². The largest absolute Gasteiger partial charge is 0.361 e. The summed E-state index contributed by atoms with van der Waals surface area (Å²) in [6.07, 6.45) is 9.24. The maximum absolute atomic E-state index is 13.0. The average molecular weight is 364 g/mol. The summed E-state index contributed by atoms with van der Waals surface area (Å²) in [5.41, 5.74) is 5.12. The Morgan fingerprint density at radius 1 is 1.41 bits per heavy atom. The van der Waals surface area contributed by atoms with Crippen molar-refractivity contribution in [3.05, 3.63) is 54.3 Å². The standard InChI is InChI=1S/C23H29N3O/c1-4-10-26-14-16(23(27)25-17(5-2)6-3)11-19-18-8-7-9-20-22(18)15(13-24-20)12-21(19)26/h4,7-9,11,13,16-17,21,24H,1,5-6,10,12,14H2,2-3H3,(H,25,27)/t16-,21-/m1/s1. The van der Waals surface area contributed by atoms with E-state index in [9.17, 15) is 4.79 Å². The molecule has 0 radical (unpaired) electrons. The molecule has 1 aliphatic heterocycles. The highest BCUT2D eigenvalue weighted by molar-refractivity contribution is 5.99. The second-order valence-electron chi connectivity index (χ2n) is 7.76. The molecule has 2 atom stereocenters. The summed E-state index contributed by atoms with van der Waals surface area (Å²) < 4.78 is 0. The molecule has 1 aliphatic carbocycles. The SMILES string of the molecule is C=CCN1C[C@H](C(=O)NC(CC)CC)C=C2c3cccc4[nH]cc(c34)C[C@H]21. The Morgan fingerprint density at radius 2 is 2.22 bits per heavy atom. The average Bonchev–Trinajstić information content (AvgIpc) is 3.11. The Bertz CT molecular complexity index is 890. The van der Waals surface area contributed by atoms with Gasteiger partial charge in [0.2, 0.25) is 5.91 Å². The quantitative estimate of drug-likeness (QED) is 0.765. The summed E-state index contributed by atoms with van der Waals surface area (Å²) in [7, 11) is 0. The molecule has 2 aliphatic rings. The van der Waals surface area contributed by atoms with Gasteiger partial charge in [-0.3, -0.25) is 9.69 Å². The van der Waals surface area contributed by atoms with Crippen LogP contribution >= 0.6 is 0 Å². The first-order valence-electron chi connectivity index (χ1n) is 10.1. The topological polar surface area (TPSA) is 48.1 Å². The first kappa shape index (κ1) is 18.1. The van der Waals surface area contributed by atoms with Crippen LogP contribution in [0.2, 0.25) is 0 Å². The normalized spacial score (nSPS) is 21.8. The van der Waals surface area contributed by atoms with Crippen LogP contribution in [0, 0.1) is 5.92 Å². The highest BCUT2D eigenvalue weighted by atomic mass is 16.2. The Labute approximate surface area is 161 Å². The van der Waals surface area contributed by atoms with Crippen LogP contribution in [0.5, 0.6) is 0 Å². The lowest BCUT2D eigenvalue weighted by Crippen LogP contribution is -2.49. The smallest absolute Gasteiger partial charge is 0.228 e. The maximum atomic E-state index is 13.0. The van der Waals surface area contributed by atoms with Gasteiger partial charge in [0.05, 0.1) is 5.92 Å². The predicted molar refractivity (Wildman–Crippen MR) is 112 cm³/mol. The fourth-order valence-corrected chi connectivity index (χ4v) is 4.66. The maximum Gasteiger partial charge on any atom is 0.228 e. The van der Waals surface area contributed by atoms with Crippen LogP contribution in [0.1, 0.15) is 37.8 Å². The van der Waals surface area contributed by atoms with Crippen molar-refractivity contribution in [3.63, 3.8) is 0 Å². The van der Waals surface area contributed by atoms with E-state index in [0.717, 1.165) is 32.4 Å². The minimum absolute atomic E-state index is 0.118. The van der Waals surface area contributed by atoms with Gasteiger partial charge in [0.15, 0.2) is 0 Å². The van der Waals surface area contributed by atoms with Crippen molar-refractivity contribution in [1.29, 1.82) is 0 Å². The molecule has 0 fully saturated rings. The monoisotopic (exact) mass is 363 g/mol. The third-order valence-corrected chi connectivity index (χ3v) is 6.16. The molecule has 2 aromatic rings. The van der Waals surface area contributed by atoms with Gasteiger partial charge in [-0.15, -0.1) is 6.58 Å². The number of hydrogen-bond donors (Lipinski definition) is 2. The molecular weight excluding hydrogens is 334 g/mol. The van der Waals surface area contributed by atoms with Gasteiger partial charge in [0, 0.05) is 42.3 Å². The number of hydrogen-bond acceptors (Lipinski definition) is 2. The van der Waals surface area contributed by atoms with Gasteiger partial charge in [-0.1, -0.05) is 38.1 Å². The van der Waals surface area contributed by atoms with Crippen LogP contribution < -0.4 is 5.32 Å². The van der Waals surface area contributed by atoms with Crippen molar-refractivity contribution in [2.45, 2.75) is 45.2 Å². The Morgan fingerprint density at radius 3 is 2.96 bits per heavy atom. The molecule has 2 heterocycles. The highest BCUT2D eigenvalue weighted by Gasteiger charge is 2.36. The van der Waals surface area contributed by atoms with E-state index in [0.29, 0.717) is 6.04 Å². The van der Waals surface area contributed by atoms with E-state index in [1.54, 1.807) is 0 Å². The molecule has 4 rings (SSSR count). The molecule has 142 valence electrons. The Balaban J connectivity index is 1.73. The second-order valence-corrected chi connectivity index (χ2v) is 7.76. The van der Waals surface area contributed by atoms with Crippen molar-refractivity contribution in [1.82, 2.24) is 15.2 Å². The molecule has 1 aromatic carbocycles. The zero-order chi connectivity index (χ0) is 19.0. The molecule has 0 unspecified atom stereocenters. The summed E-state index contributed by atoms with van der Waals surface area (Å²) in [4.78, 5) is 18.8. The van der Waals surface area contributed by atoms with E-state index in [4.69, 9.17) is 0 Å². The highest BCUT2D eigenvalue weighted by Crippen LogP contribution is 2.41. The van der Waals surface area contributed by atoms with Gasteiger partial charge in [0.25, 0.3) is 0 Å². The van der Waals surface area contributed by atoms with Crippen molar-refractivity contribution >= 4 is 22.4 Å². The van der Waals surface area contributed by atoms with Gasteiger partial charge in [-0.2, -0.15) is 0 Å². The molecule has 4 nitrogen and oxygen atoms in total. The van der Waals surface area contributed by atoms with E-state index >= 15 is 0 Å². The lowest BCUT2D eigenvalue weighted by atomic mass is 9.79. The van der Waals surface area contributed by atoms with Gasteiger partial charge < -0.3 is 10.3 Å². The molecule has 0 saturated heterocycles. The van der Waals surface area contributed by atoms with E-state index in [1.807, 2.05) is 6.08 Å². The molecule has 0 bridgehead atoms. The van der Waals surface area contributed by atoms with Crippen molar-refractivity contribution in [2.75, 3.05) is 13.1 Å². The number of nitrogens with zero attached hydrogens (tertiary/aromatic N) is 1. The van der Waals surface area contributed by atoms with E-state index in [-0.39, 0.29) is 17.9 Å². The molecule has 2 N–H and O–H groups in total. The Kier molecular flexibility index (Phi) is 4.92. The van der Waals surface area contributed by atoms with Crippen LogP contribution in [-0.2, 0) is 11.2 Å². The van der Waals surface area contributed by atoms with Crippen LogP contribution in [-0.4, -0.2) is 41.0 Å². The Hall–Kier alpha value is -2.33. The molecule has 1 aromatic heterocycles. The summed E-state index contributed by atoms with van der Waals surface area (Å²) in [5, 5.41) is 4.56. The number of aromatic nitrogens is 1. The summed E-state index contributed by atoms with van der Waals surface area (Å²) in [6.45, 7) is 9.75. The lowest BCUT2D eigenvalue weighted by molar-refractivity contribution is -0.125. The fourth-order valence-electron chi connectivity index (χ4n) is 4.66. The zero-order valence-electron chi connectivity index (χ0n) is 16.3. The van der Waals surface area contributed by atoms with E-state index < -0.39 is 0 Å². The van der Waals surface area contributed by atoms with Crippen molar-refractivity contribution in [2.24, 2.45) is 5.92 Å². The summed E-state index contributed by atoms with van der Waals surface area (Å²) in [5.74, 6) is 0.0308. The number of amides is 1. The minimum Gasteiger partial charge on any atom is -0.361 e. The van der Waals surface area contributed by atoms with Crippen molar-refractivity contribution < 1.29 is 4.79 Å². The third kappa shape index (κ3) is 3.12. The first-order valence-corrected chi connectivity index (χ1v) is 10.1. The molecule has 1 amide bonds. The third-order valence-electron chi connectivity index (χ3n) is 6.16. The summed E-state index contributed by atoms with van der Waals surface area (Å²) >= 11 is 0. The lowest BCUT2D eigenvalue weighted by Gasteiger charge is -2.41. The number of benzene rings is 1. The zero-order valence-corrected chi connectivity index (χ0v) is 16.3. The van der Waals surface area contributed by atoms with Crippen LogP contribution in [0.4, 0.5) is 0 Å². The van der Waals surface area contributed by atoms with Gasteiger partial charge in [-0.05, 0) is 42.0 Å². The molecule has 4 heteroatoms. The van der Waals surface area contributed by atoms with Gasteiger partial charge in [0.1, 0.15) is 0 Å². The number of carbonyl (C=O) groups excluding carboxylic acids is 1. The molecule has 0 saturated carbocycles. The van der Waals surface area contributed by atoms with Gasteiger partial charge >= 0.3 is 0 Å². The summed E-state index contributed by atoms with van der Waals surface area (Å²) in [6, 6.07) is 7.00.